The highest BCUT2D eigenvalue weighted by Crippen LogP contribution is 2.38. The lowest BCUT2D eigenvalue weighted by atomic mass is 9.89. The molecule has 0 bridgehead atoms. The lowest BCUT2D eigenvalue weighted by Gasteiger charge is -2.39. The number of rotatable bonds is 7. The average molecular weight is 606 g/mol. The van der Waals surface area contributed by atoms with Crippen molar-refractivity contribution in [1.82, 2.24) is 9.62 Å². The maximum atomic E-state index is 15.6. The van der Waals surface area contributed by atoms with Crippen LogP contribution in [-0.2, 0) is 25.6 Å². The van der Waals surface area contributed by atoms with Gasteiger partial charge in [0.05, 0.1) is 4.90 Å². The number of halogens is 3. The number of nitrogens with zero attached hydrogens (tertiary/aromatic N) is 1. The Hall–Kier alpha value is -1.59. The minimum absolute atomic E-state index is 0.100. The molecular formula is C24H27BrClFN2O4S2. The monoisotopic (exact) mass is 604 g/mol. The highest BCUT2D eigenvalue weighted by molar-refractivity contribution is 9.10. The number of carbonyl (C=O) groups is 1. The molecule has 1 amide bonds. The first-order valence-electron chi connectivity index (χ1n) is 10.9. The van der Waals surface area contributed by atoms with Gasteiger partial charge in [-0.2, -0.15) is 0 Å². The molecular weight excluding hydrogens is 579 g/mol. The van der Waals surface area contributed by atoms with Gasteiger partial charge in [-0.25, -0.2) is 21.3 Å². The van der Waals surface area contributed by atoms with Crippen LogP contribution < -0.4 is 5.32 Å². The van der Waals surface area contributed by atoms with Gasteiger partial charge in [0.1, 0.15) is 11.0 Å². The third-order valence-electron chi connectivity index (χ3n) is 5.73. The zero-order chi connectivity index (χ0) is 26.0. The first-order valence-corrected chi connectivity index (χ1v) is 15.1. The molecule has 1 saturated heterocycles. The molecule has 1 N–H and O–H groups in total. The summed E-state index contributed by atoms with van der Waals surface area (Å²) in [6.07, 6.45) is 2.04. The van der Waals surface area contributed by atoms with Crippen molar-refractivity contribution in [3.05, 3.63) is 63.4 Å². The van der Waals surface area contributed by atoms with E-state index in [0.29, 0.717) is 15.5 Å². The van der Waals surface area contributed by atoms with Gasteiger partial charge in [0, 0.05) is 63.8 Å². The molecule has 4 atom stereocenters. The summed E-state index contributed by atoms with van der Waals surface area (Å²) in [5.74, 6) is -0.805. The summed E-state index contributed by atoms with van der Waals surface area (Å²) < 4.78 is 54.3. The lowest BCUT2D eigenvalue weighted by Crippen LogP contribution is -2.55. The Kier molecular flexibility index (Phi) is 8.96. The van der Waals surface area contributed by atoms with Crippen molar-refractivity contribution in [1.29, 1.82) is 0 Å². The van der Waals surface area contributed by atoms with Crippen LogP contribution in [0.15, 0.2) is 63.3 Å². The van der Waals surface area contributed by atoms with E-state index in [9.17, 15) is 17.4 Å². The van der Waals surface area contributed by atoms with Crippen molar-refractivity contribution in [2.75, 3.05) is 12.8 Å². The maximum Gasteiger partial charge on any atom is 0.258 e. The second-order valence-electron chi connectivity index (χ2n) is 8.70. The van der Waals surface area contributed by atoms with Crippen molar-refractivity contribution in [2.24, 2.45) is 0 Å². The smallest absolute Gasteiger partial charge is 0.258 e. The van der Waals surface area contributed by atoms with Crippen LogP contribution in [0.2, 0.25) is 5.02 Å². The first-order chi connectivity index (χ1) is 16.3. The molecule has 6 nitrogen and oxygen atoms in total. The molecule has 0 spiro atoms. The van der Waals surface area contributed by atoms with Crippen LogP contribution >= 0.6 is 27.5 Å². The number of carbonyl (C=O) groups excluding carboxylic acids is 1. The zero-order valence-corrected chi connectivity index (χ0v) is 23.5. The highest BCUT2D eigenvalue weighted by atomic mass is 79.9. The number of hydrogen-bond acceptors (Lipinski definition) is 4. The molecule has 1 aliphatic heterocycles. The number of sulfone groups is 1. The Morgan fingerprint density at radius 2 is 2.00 bits per heavy atom. The molecule has 2 aromatic rings. The van der Waals surface area contributed by atoms with Crippen molar-refractivity contribution in [2.45, 2.75) is 49.3 Å². The van der Waals surface area contributed by atoms with Gasteiger partial charge in [-0.3, -0.25) is 4.79 Å². The molecule has 0 saturated carbocycles. The van der Waals surface area contributed by atoms with Crippen molar-refractivity contribution in [3.63, 3.8) is 0 Å². The quantitative estimate of drug-likeness (QED) is 0.479. The van der Waals surface area contributed by atoms with Crippen LogP contribution in [0.4, 0.5) is 4.39 Å². The minimum Gasteiger partial charge on any atom is -0.347 e. The molecule has 2 aromatic carbocycles. The summed E-state index contributed by atoms with van der Waals surface area (Å²) >= 11 is 9.86. The van der Waals surface area contributed by atoms with Crippen LogP contribution in [0.1, 0.15) is 26.7 Å². The Morgan fingerprint density at radius 3 is 2.63 bits per heavy atom. The van der Waals surface area contributed by atoms with E-state index in [2.05, 4.69) is 21.2 Å². The summed E-state index contributed by atoms with van der Waals surface area (Å²) in [6.45, 7) is 3.41. The van der Waals surface area contributed by atoms with Crippen LogP contribution in [0.25, 0.3) is 11.1 Å². The first kappa shape index (κ1) is 28.0. The molecule has 1 heterocycles. The fourth-order valence-corrected chi connectivity index (χ4v) is 6.52. The van der Waals surface area contributed by atoms with Gasteiger partial charge in [-0.15, -0.1) is 0 Å². The summed E-state index contributed by atoms with van der Waals surface area (Å²) in [6, 6.07) is 11.5. The summed E-state index contributed by atoms with van der Waals surface area (Å²) in [5, 5.41) is 4.02. The average Bonchev–Trinajstić information content (AvgIpc) is 2.77. The largest absolute Gasteiger partial charge is 0.347 e. The van der Waals surface area contributed by atoms with Gasteiger partial charge in [0.2, 0.25) is 0 Å². The van der Waals surface area contributed by atoms with E-state index in [1.807, 2.05) is 24.3 Å². The number of alkyl halides is 1. The molecule has 1 aliphatic rings. The normalized spacial score (nSPS) is 23.2. The fourth-order valence-electron chi connectivity index (χ4n) is 3.95. The highest BCUT2D eigenvalue weighted by Gasteiger charge is 2.46. The van der Waals surface area contributed by atoms with Crippen LogP contribution in [0, 0.1) is 0 Å². The second kappa shape index (κ2) is 11.2. The van der Waals surface area contributed by atoms with Crippen molar-refractivity contribution in [3.8, 4) is 11.1 Å². The molecule has 3 rings (SSSR count). The number of benzene rings is 2. The van der Waals surface area contributed by atoms with E-state index in [-0.39, 0.29) is 19.4 Å². The van der Waals surface area contributed by atoms with Crippen molar-refractivity contribution >= 4 is 54.3 Å². The van der Waals surface area contributed by atoms with E-state index >= 15 is 4.39 Å². The van der Waals surface area contributed by atoms with Gasteiger partial charge >= 0.3 is 0 Å². The van der Waals surface area contributed by atoms with E-state index in [4.69, 9.17) is 11.6 Å². The lowest BCUT2D eigenvalue weighted by molar-refractivity contribution is -0.136. The van der Waals surface area contributed by atoms with E-state index < -0.39 is 44.5 Å². The van der Waals surface area contributed by atoms with E-state index in [1.54, 1.807) is 36.4 Å². The molecule has 0 aromatic heterocycles. The van der Waals surface area contributed by atoms with Gasteiger partial charge in [-0.1, -0.05) is 51.8 Å². The number of nitrogens with one attached hydrogen (secondary N) is 1. The number of hydrogen-bond donors (Lipinski definition) is 1. The van der Waals surface area contributed by atoms with Crippen molar-refractivity contribution < 1.29 is 21.8 Å². The Morgan fingerprint density at radius 1 is 1.31 bits per heavy atom. The fraction of sp³-hybridized carbons (Fsp3) is 0.375. The van der Waals surface area contributed by atoms with E-state index in [1.165, 1.54) is 6.08 Å². The van der Waals surface area contributed by atoms with Gasteiger partial charge in [0.15, 0.2) is 15.5 Å². The molecule has 2 unspecified atom stereocenters. The minimum atomic E-state index is -3.35. The summed E-state index contributed by atoms with van der Waals surface area (Å²) in [5.41, 5.74) is -0.714. The summed E-state index contributed by atoms with van der Waals surface area (Å²) in [7, 11) is -4.97. The SMILES string of the molecule is C[C@H](/C=C\S(C)(=O)=O)NC(=O)C1(F)CCN(S(=O)c2ccc(Br)cc2-c2ccccc2Cl)[C@H](C)C1. The van der Waals surface area contributed by atoms with Gasteiger partial charge in [0.25, 0.3) is 5.91 Å². The molecule has 11 heteroatoms. The predicted octanol–water partition coefficient (Wildman–Crippen LogP) is 5.05. The molecule has 1 fully saturated rings. The topological polar surface area (TPSA) is 83.6 Å². The zero-order valence-electron chi connectivity index (χ0n) is 19.5. The Labute approximate surface area is 221 Å². The Balaban J connectivity index is 1.78. The second-order valence-corrected chi connectivity index (χ2v) is 13.4. The van der Waals surface area contributed by atoms with Gasteiger partial charge in [-0.05, 0) is 38.1 Å². The molecule has 0 aliphatic carbocycles. The van der Waals surface area contributed by atoms with Crippen LogP contribution in [-0.4, -0.2) is 53.4 Å². The molecule has 35 heavy (non-hydrogen) atoms. The third kappa shape index (κ3) is 7.01. The van der Waals surface area contributed by atoms with E-state index in [0.717, 1.165) is 21.7 Å². The third-order valence-corrected chi connectivity index (χ3v) is 8.90. The number of piperidine rings is 1. The number of amides is 1. The molecule has 190 valence electrons. The van der Waals surface area contributed by atoms with Gasteiger partial charge < -0.3 is 5.32 Å². The standard InChI is InChI=1S/C24H27BrClFN2O4S2/c1-16(10-13-35(3,32)33)28-23(30)24(27)11-12-29(17(2)15-24)34(31)22-9-8-18(25)14-20(22)19-6-4-5-7-21(19)26/h4-10,13-14,16-17H,11-12,15H2,1-3H3,(H,28,30)/b13-10-/t16-,17-,24?,34?/m1/s1. The van der Waals surface area contributed by atoms with Crippen LogP contribution in [0.5, 0.6) is 0 Å². The Bertz CT molecular complexity index is 1270. The predicted molar refractivity (Wildman–Crippen MR) is 142 cm³/mol. The molecule has 0 radical (unpaired) electrons. The maximum absolute atomic E-state index is 15.6. The van der Waals surface area contributed by atoms with Crippen LogP contribution in [0.3, 0.4) is 0 Å². The summed E-state index contributed by atoms with van der Waals surface area (Å²) in [4.78, 5) is 13.2.